The van der Waals surface area contributed by atoms with Crippen LogP contribution in [0.3, 0.4) is 0 Å². The summed E-state index contributed by atoms with van der Waals surface area (Å²) in [5.41, 5.74) is 0. The third kappa shape index (κ3) is 8.53. The smallest absolute Gasteiger partial charge is 0.395 e. The standard InChI is InChI=1S/C10H16NO.C5H5.Fe/c1-2-10(8-12)11-7-9-5-3-4-6-9;1-2-4-5-3-1;/h3-6,10-12H,2,7-8H2,1H3;1-5H;/q;;+2/t10-;;/m1../s1. The fourth-order valence-corrected chi connectivity index (χ4v) is 1.45. The van der Waals surface area contributed by atoms with Crippen LogP contribution in [-0.4, -0.2) is 24.3 Å². The van der Waals surface area contributed by atoms with Gasteiger partial charge in [0.25, 0.3) is 0 Å². The van der Waals surface area contributed by atoms with Gasteiger partial charge in [0.05, 0.1) is 6.61 Å². The molecule has 2 saturated carbocycles. The first-order valence-electron chi connectivity index (χ1n) is 6.08. The van der Waals surface area contributed by atoms with Gasteiger partial charge in [-0.15, -0.1) is 0 Å². The summed E-state index contributed by atoms with van der Waals surface area (Å²) in [4.78, 5) is 0. The Morgan fingerprint density at radius 1 is 1.00 bits per heavy atom. The maximum atomic E-state index is 8.89. The molecule has 0 aliphatic heterocycles. The second-order valence-corrected chi connectivity index (χ2v) is 3.92. The molecule has 2 aliphatic carbocycles. The molecule has 0 unspecified atom stereocenters. The van der Waals surface area contributed by atoms with Crippen molar-refractivity contribution in [3.05, 3.63) is 63.7 Å². The van der Waals surface area contributed by atoms with Gasteiger partial charge in [-0.1, -0.05) is 6.92 Å². The third-order valence-electron chi connectivity index (χ3n) is 2.60. The Labute approximate surface area is 124 Å². The van der Waals surface area contributed by atoms with Gasteiger partial charge in [-0.3, -0.25) is 0 Å². The van der Waals surface area contributed by atoms with Crippen molar-refractivity contribution in [2.45, 2.75) is 19.4 Å². The van der Waals surface area contributed by atoms with E-state index in [4.69, 9.17) is 5.11 Å². The quantitative estimate of drug-likeness (QED) is 0.755. The minimum Gasteiger partial charge on any atom is -0.395 e. The largest absolute Gasteiger partial charge is 2.00 e. The molecule has 0 bridgehead atoms. The average molecular weight is 287 g/mol. The Balaban J connectivity index is 0.000000405. The molecule has 18 heavy (non-hydrogen) atoms. The van der Waals surface area contributed by atoms with Crippen molar-refractivity contribution < 1.29 is 22.2 Å². The van der Waals surface area contributed by atoms with E-state index >= 15 is 0 Å². The molecule has 0 heterocycles. The summed E-state index contributed by atoms with van der Waals surface area (Å²) < 4.78 is 0. The zero-order valence-corrected chi connectivity index (χ0v) is 11.8. The van der Waals surface area contributed by atoms with Crippen LogP contribution in [0.15, 0.2) is 0 Å². The van der Waals surface area contributed by atoms with E-state index in [2.05, 4.69) is 25.1 Å². The molecule has 0 aromatic carbocycles. The first kappa shape index (κ1) is 18.4. The van der Waals surface area contributed by atoms with Crippen molar-refractivity contribution in [2.24, 2.45) is 0 Å². The van der Waals surface area contributed by atoms with E-state index in [1.807, 2.05) is 44.9 Å². The zero-order valence-electron chi connectivity index (χ0n) is 10.7. The fourth-order valence-electron chi connectivity index (χ4n) is 1.45. The van der Waals surface area contributed by atoms with Crippen molar-refractivity contribution in [2.75, 3.05) is 13.2 Å². The minimum atomic E-state index is 0. The molecule has 0 spiro atoms. The fraction of sp³-hybridized carbons (Fsp3) is 0.333. The van der Waals surface area contributed by atoms with Gasteiger partial charge < -0.3 is 10.4 Å². The molecule has 98 valence electrons. The van der Waals surface area contributed by atoms with Gasteiger partial charge in [0.2, 0.25) is 0 Å². The topological polar surface area (TPSA) is 32.3 Å². The predicted octanol–water partition coefficient (Wildman–Crippen LogP) is 1.77. The van der Waals surface area contributed by atoms with E-state index in [1.54, 1.807) is 0 Å². The average Bonchev–Trinajstić information content (AvgIpc) is 3.06. The zero-order chi connectivity index (χ0) is 12.3. The molecule has 10 radical (unpaired) electrons. The molecule has 2 rings (SSSR count). The summed E-state index contributed by atoms with van der Waals surface area (Å²) >= 11 is 0. The normalized spacial score (nSPS) is 21.0. The second kappa shape index (κ2) is 12.5. The number of nitrogens with one attached hydrogen (secondary N) is 1. The maximum absolute atomic E-state index is 8.89. The number of aliphatic hydroxyl groups excluding tert-OH is 1. The molecule has 0 amide bonds. The van der Waals surface area contributed by atoms with E-state index < -0.39 is 0 Å². The van der Waals surface area contributed by atoms with Gasteiger partial charge in [-0.2, -0.15) is 0 Å². The number of rotatable bonds is 5. The van der Waals surface area contributed by atoms with Gasteiger partial charge in [0, 0.05) is 12.6 Å². The van der Waals surface area contributed by atoms with Crippen LogP contribution in [0.25, 0.3) is 0 Å². The third-order valence-corrected chi connectivity index (χ3v) is 2.60. The van der Waals surface area contributed by atoms with E-state index in [-0.39, 0.29) is 29.7 Å². The number of hydrogen-bond donors (Lipinski definition) is 2. The van der Waals surface area contributed by atoms with Crippen molar-refractivity contribution in [1.29, 1.82) is 0 Å². The van der Waals surface area contributed by atoms with Crippen molar-refractivity contribution >= 4 is 0 Å². The first-order valence-corrected chi connectivity index (χ1v) is 6.08. The minimum absolute atomic E-state index is 0. The van der Waals surface area contributed by atoms with E-state index in [0.29, 0.717) is 0 Å². The molecular weight excluding hydrogens is 266 g/mol. The van der Waals surface area contributed by atoms with Crippen LogP contribution in [0.1, 0.15) is 13.3 Å². The summed E-state index contributed by atoms with van der Waals surface area (Å²) in [5, 5.41) is 12.2. The van der Waals surface area contributed by atoms with Crippen LogP contribution in [-0.2, 0) is 17.1 Å². The molecule has 3 heteroatoms. The summed E-state index contributed by atoms with van der Waals surface area (Å²) in [6.07, 6.45) is 19.2. The van der Waals surface area contributed by atoms with Gasteiger partial charge in [-0.25, -0.2) is 0 Å². The van der Waals surface area contributed by atoms with Crippen LogP contribution < -0.4 is 5.32 Å². The Kier molecular flexibility index (Phi) is 12.8. The van der Waals surface area contributed by atoms with Crippen LogP contribution >= 0.6 is 0 Å². The van der Waals surface area contributed by atoms with Crippen LogP contribution in [0.5, 0.6) is 0 Å². The molecule has 2 N–H and O–H groups in total. The van der Waals surface area contributed by atoms with Crippen molar-refractivity contribution in [1.82, 2.24) is 5.32 Å². The predicted molar refractivity (Wildman–Crippen MR) is 71.1 cm³/mol. The summed E-state index contributed by atoms with van der Waals surface area (Å²) in [6, 6.07) is 0.236. The Morgan fingerprint density at radius 3 is 1.89 bits per heavy atom. The molecule has 0 saturated heterocycles. The van der Waals surface area contributed by atoms with Crippen LogP contribution in [0, 0.1) is 63.7 Å². The summed E-state index contributed by atoms with van der Waals surface area (Å²) in [6.45, 7) is 3.14. The molecule has 2 nitrogen and oxygen atoms in total. The Bertz CT molecular complexity index is 154. The Hall–Kier alpha value is 0.439. The van der Waals surface area contributed by atoms with Gasteiger partial charge in [-0.05, 0) is 70.1 Å². The Morgan fingerprint density at radius 2 is 1.50 bits per heavy atom. The van der Waals surface area contributed by atoms with Crippen LogP contribution in [0.2, 0.25) is 0 Å². The molecule has 2 aliphatic rings. The van der Waals surface area contributed by atoms with E-state index in [0.717, 1.165) is 13.0 Å². The van der Waals surface area contributed by atoms with E-state index in [1.165, 1.54) is 5.92 Å². The monoisotopic (exact) mass is 287 g/mol. The van der Waals surface area contributed by atoms with Crippen molar-refractivity contribution in [3.63, 3.8) is 0 Å². The number of aliphatic hydroxyl groups is 1. The molecule has 1 atom stereocenters. The number of hydrogen-bond acceptors (Lipinski definition) is 2. The SMILES string of the molecule is CC[C@H](CO)NC[C]1[CH][CH][CH][CH]1.[CH]1[CH][CH][CH][CH]1.[Fe+2]. The van der Waals surface area contributed by atoms with Gasteiger partial charge >= 0.3 is 17.1 Å². The maximum Gasteiger partial charge on any atom is 2.00 e. The summed E-state index contributed by atoms with van der Waals surface area (Å²) in [7, 11) is 0. The van der Waals surface area contributed by atoms with Crippen LogP contribution in [0.4, 0.5) is 0 Å². The summed E-state index contributed by atoms with van der Waals surface area (Å²) in [5.74, 6) is 1.28. The van der Waals surface area contributed by atoms with Gasteiger partial charge in [0.1, 0.15) is 0 Å². The molecular formula is C15H21FeNO+2. The van der Waals surface area contributed by atoms with Crippen molar-refractivity contribution in [3.8, 4) is 0 Å². The molecule has 0 aromatic heterocycles. The first-order chi connectivity index (χ1) is 8.36. The molecule has 0 aromatic rings. The molecule has 2 fully saturated rings. The van der Waals surface area contributed by atoms with Gasteiger partial charge in [0.15, 0.2) is 0 Å². The van der Waals surface area contributed by atoms with E-state index in [9.17, 15) is 0 Å². The second-order valence-electron chi connectivity index (χ2n) is 3.92.